The van der Waals surface area contributed by atoms with Gasteiger partial charge in [0, 0.05) is 18.5 Å². The van der Waals surface area contributed by atoms with Crippen molar-refractivity contribution < 1.29 is 18.7 Å². The number of benzene rings is 1. The monoisotopic (exact) mass is 369 g/mol. The van der Waals surface area contributed by atoms with Crippen LogP contribution >= 0.6 is 0 Å². The molecule has 0 radical (unpaired) electrons. The smallest absolute Gasteiger partial charge is 0.258 e. The van der Waals surface area contributed by atoms with Gasteiger partial charge in [-0.05, 0) is 54.8 Å². The number of nitrogens with zero attached hydrogens (tertiary/aromatic N) is 2. The molecule has 2 heterocycles. The second-order valence-electron chi connectivity index (χ2n) is 6.11. The summed E-state index contributed by atoms with van der Waals surface area (Å²) in [6.07, 6.45) is 2.53. The molecule has 0 bridgehead atoms. The van der Waals surface area contributed by atoms with Gasteiger partial charge >= 0.3 is 0 Å². The second kappa shape index (κ2) is 8.01. The molecule has 138 valence electrons. The van der Waals surface area contributed by atoms with E-state index in [2.05, 4.69) is 15.3 Å². The molecule has 0 spiro atoms. The van der Waals surface area contributed by atoms with Gasteiger partial charge in [-0.25, -0.2) is 13.8 Å². The number of nitrogens with one attached hydrogen (secondary N) is 1. The molecule has 1 atom stereocenters. The highest BCUT2D eigenvalue weighted by Gasteiger charge is 2.09. The van der Waals surface area contributed by atoms with Crippen molar-refractivity contribution in [1.82, 2.24) is 9.97 Å². The van der Waals surface area contributed by atoms with Gasteiger partial charge in [0.1, 0.15) is 17.5 Å². The first-order valence-corrected chi connectivity index (χ1v) is 8.26. The SMILES string of the molecule is CC(O)c1ccc(C(=O)Nc2ccc(Cc3cc(F)cc(F)c3)cn2)cn1. The average molecular weight is 369 g/mol. The van der Waals surface area contributed by atoms with Crippen LogP contribution < -0.4 is 5.32 Å². The van der Waals surface area contributed by atoms with Crippen molar-refractivity contribution >= 4 is 11.7 Å². The van der Waals surface area contributed by atoms with E-state index in [0.717, 1.165) is 11.6 Å². The molecule has 1 amide bonds. The van der Waals surface area contributed by atoms with Crippen LogP contribution in [0.5, 0.6) is 0 Å². The first-order valence-electron chi connectivity index (χ1n) is 8.26. The lowest BCUT2D eigenvalue weighted by molar-refractivity contribution is 0.102. The van der Waals surface area contributed by atoms with Gasteiger partial charge in [-0.2, -0.15) is 0 Å². The lowest BCUT2D eigenvalue weighted by Crippen LogP contribution is -2.13. The maximum Gasteiger partial charge on any atom is 0.258 e. The molecule has 27 heavy (non-hydrogen) atoms. The van der Waals surface area contributed by atoms with Crippen LogP contribution in [0, 0.1) is 11.6 Å². The second-order valence-corrected chi connectivity index (χ2v) is 6.11. The predicted molar refractivity (Wildman–Crippen MR) is 96.2 cm³/mol. The Balaban J connectivity index is 1.65. The van der Waals surface area contributed by atoms with Crippen LogP contribution in [0.25, 0.3) is 0 Å². The molecular formula is C20H17F2N3O2. The quantitative estimate of drug-likeness (QED) is 0.720. The van der Waals surface area contributed by atoms with Gasteiger partial charge in [0.2, 0.25) is 0 Å². The maximum atomic E-state index is 13.2. The Bertz CT molecular complexity index is 922. The van der Waals surface area contributed by atoms with Crippen molar-refractivity contribution in [3.63, 3.8) is 0 Å². The van der Waals surface area contributed by atoms with E-state index in [0.29, 0.717) is 29.1 Å². The summed E-state index contributed by atoms with van der Waals surface area (Å²) in [7, 11) is 0. The Hall–Kier alpha value is -3.19. The molecule has 2 N–H and O–H groups in total. The van der Waals surface area contributed by atoms with Crippen molar-refractivity contribution in [3.8, 4) is 0 Å². The van der Waals surface area contributed by atoms with Crippen LogP contribution in [0.15, 0.2) is 54.9 Å². The fourth-order valence-electron chi connectivity index (χ4n) is 2.53. The molecule has 1 unspecified atom stereocenters. The molecule has 0 aliphatic heterocycles. The Kier molecular flexibility index (Phi) is 5.52. The van der Waals surface area contributed by atoms with Crippen LogP contribution in [0.2, 0.25) is 0 Å². The van der Waals surface area contributed by atoms with Crippen molar-refractivity contribution in [2.75, 3.05) is 5.32 Å². The maximum absolute atomic E-state index is 13.2. The average Bonchev–Trinajstić information content (AvgIpc) is 2.62. The third-order valence-electron chi connectivity index (χ3n) is 3.87. The Labute approximate surface area is 154 Å². The van der Waals surface area contributed by atoms with Gasteiger partial charge in [0.05, 0.1) is 17.4 Å². The number of halogens is 2. The van der Waals surface area contributed by atoms with Crippen LogP contribution in [-0.2, 0) is 6.42 Å². The van der Waals surface area contributed by atoms with E-state index in [-0.39, 0.29) is 5.91 Å². The van der Waals surface area contributed by atoms with E-state index in [1.807, 2.05) is 0 Å². The number of aliphatic hydroxyl groups is 1. The number of aromatic nitrogens is 2. The molecule has 0 saturated carbocycles. The summed E-state index contributed by atoms with van der Waals surface area (Å²) in [5.74, 6) is -1.30. The van der Waals surface area contributed by atoms with Gasteiger partial charge in [0.15, 0.2) is 0 Å². The predicted octanol–water partition coefficient (Wildman–Crippen LogP) is 3.65. The number of hydrogen-bond acceptors (Lipinski definition) is 4. The summed E-state index contributed by atoms with van der Waals surface area (Å²) in [6, 6.07) is 9.83. The molecule has 0 aliphatic carbocycles. The Morgan fingerprint density at radius 1 is 1.04 bits per heavy atom. The Morgan fingerprint density at radius 2 is 1.78 bits per heavy atom. The molecule has 7 heteroatoms. The van der Waals surface area contributed by atoms with Crippen LogP contribution in [0.4, 0.5) is 14.6 Å². The molecule has 0 saturated heterocycles. The number of hydrogen-bond donors (Lipinski definition) is 2. The summed E-state index contributed by atoms with van der Waals surface area (Å²) in [5, 5.41) is 12.1. The summed E-state index contributed by atoms with van der Waals surface area (Å²) in [6.45, 7) is 1.59. The molecule has 2 aromatic heterocycles. The molecular weight excluding hydrogens is 352 g/mol. The van der Waals surface area contributed by atoms with Gasteiger partial charge in [-0.1, -0.05) is 6.07 Å². The van der Waals surface area contributed by atoms with E-state index in [1.54, 1.807) is 31.2 Å². The number of anilines is 1. The van der Waals surface area contributed by atoms with Crippen molar-refractivity contribution in [2.24, 2.45) is 0 Å². The van der Waals surface area contributed by atoms with Crippen LogP contribution in [-0.4, -0.2) is 21.0 Å². The summed E-state index contributed by atoms with van der Waals surface area (Å²) >= 11 is 0. The first kappa shape index (κ1) is 18.6. The van der Waals surface area contributed by atoms with Gasteiger partial charge < -0.3 is 10.4 Å². The highest BCUT2D eigenvalue weighted by atomic mass is 19.1. The minimum Gasteiger partial charge on any atom is -0.387 e. The number of aliphatic hydroxyl groups excluding tert-OH is 1. The fraction of sp³-hybridized carbons (Fsp3) is 0.150. The van der Waals surface area contributed by atoms with Gasteiger partial charge in [0.25, 0.3) is 5.91 Å². The zero-order chi connectivity index (χ0) is 19.4. The minimum absolute atomic E-state index is 0.320. The van der Waals surface area contributed by atoms with E-state index in [1.165, 1.54) is 24.5 Å². The molecule has 1 aromatic carbocycles. The standard InChI is InChI=1S/C20H17F2N3O2/c1-12(26)18-4-3-15(11-23-18)20(27)25-19-5-2-13(10-24-19)6-14-7-16(21)9-17(22)8-14/h2-5,7-12,26H,6H2,1H3,(H,24,25,27). The molecule has 3 aromatic rings. The Morgan fingerprint density at radius 3 is 2.33 bits per heavy atom. The lowest BCUT2D eigenvalue weighted by atomic mass is 10.1. The van der Waals surface area contributed by atoms with E-state index < -0.39 is 17.7 Å². The van der Waals surface area contributed by atoms with Crippen molar-refractivity contribution in [1.29, 1.82) is 0 Å². The highest BCUT2D eigenvalue weighted by Crippen LogP contribution is 2.15. The molecule has 0 aliphatic rings. The van der Waals surface area contributed by atoms with Crippen molar-refractivity contribution in [2.45, 2.75) is 19.4 Å². The third kappa shape index (κ3) is 4.92. The van der Waals surface area contributed by atoms with E-state index >= 15 is 0 Å². The molecule has 3 rings (SSSR count). The van der Waals surface area contributed by atoms with E-state index in [9.17, 15) is 18.7 Å². The summed E-state index contributed by atoms with van der Waals surface area (Å²) < 4.78 is 26.5. The van der Waals surface area contributed by atoms with Crippen molar-refractivity contribution in [3.05, 3.63) is 88.9 Å². The number of carbonyl (C=O) groups is 1. The number of carbonyl (C=O) groups excluding carboxylic acids is 1. The lowest BCUT2D eigenvalue weighted by Gasteiger charge is -2.07. The molecule has 0 fully saturated rings. The highest BCUT2D eigenvalue weighted by molar-refractivity contribution is 6.03. The van der Waals surface area contributed by atoms with Gasteiger partial charge in [-0.15, -0.1) is 0 Å². The minimum atomic E-state index is -0.706. The number of pyridine rings is 2. The number of rotatable bonds is 5. The third-order valence-corrected chi connectivity index (χ3v) is 3.87. The molecule has 5 nitrogen and oxygen atoms in total. The largest absolute Gasteiger partial charge is 0.387 e. The zero-order valence-electron chi connectivity index (χ0n) is 14.5. The van der Waals surface area contributed by atoms with Crippen LogP contribution in [0.1, 0.15) is 40.2 Å². The fourth-order valence-corrected chi connectivity index (χ4v) is 2.53. The topological polar surface area (TPSA) is 75.1 Å². The summed E-state index contributed by atoms with van der Waals surface area (Å²) in [5.41, 5.74) is 2.06. The first-order chi connectivity index (χ1) is 12.9. The zero-order valence-corrected chi connectivity index (χ0v) is 14.5. The summed E-state index contributed by atoms with van der Waals surface area (Å²) in [4.78, 5) is 20.4. The van der Waals surface area contributed by atoms with E-state index in [4.69, 9.17) is 0 Å². The normalized spacial score (nSPS) is 11.9. The number of amides is 1. The van der Waals surface area contributed by atoms with Gasteiger partial charge in [-0.3, -0.25) is 9.78 Å². The van der Waals surface area contributed by atoms with Crippen LogP contribution in [0.3, 0.4) is 0 Å².